The van der Waals surface area contributed by atoms with E-state index in [0.717, 1.165) is 0 Å². The van der Waals surface area contributed by atoms with Gasteiger partial charge in [0.25, 0.3) is 16.6 Å². The summed E-state index contributed by atoms with van der Waals surface area (Å²) < 4.78 is 11.3. The minimum atomic E-state index is -1.50. The number of hydrogen-bond donors (Lipinski definition) is 0. The van der Waals surface area contributed by atoms with Gasteiger partial charge in [-0.1, -0.05) is 0 Å². The highest BCUT2D eigenvalue weighted by molar-refractivity contribution is 8.01. The first-order valence-corrected chi connectivity index (χ1v) is 13.0. The molecule has 0 aliphatic rings. The van der Waals surface area contributed by atoms with Crippen LogP contribution in [0.15, 0.2) is 0 Å². The summed E-state index contributed by atoms with van der Waals surface area (Å²) in [4.78, 5) is 0. The van der Waals surface area contributed by atoms with Crippen LogP contribution in [0.4, 0.5) is 0 Å². The molecular formula is C6H18O2PSSi2+. The van der Waals surface area contributed by atoms with E-state index in [2.05, 4.69) is 39.3 Å². The SMILES string of the molecule is C[Si](C)(C)O[P+](=S)O[Si](C)(C)C. The summed E-state index contributed by atoms with van der Waals surface area (Å²) in [5, 5.41) is 0. The van der Waals surface area contributed by atoms with Crippen molar-refractivity contribution in [1.82, 2.24) is 0 Å². The third-order valence-electron chi connectivity index (χ3n) is 0.697. The highest BCUT2D eigenvalue weighted by atomic mass is 32.4. The zero-order valence-corrected chi connectivity index (χ0v) is 12.4. The van der Waals surface area contributed by atoms with Crippen LogP contribution < -0.4 is 0 Å². The molecule has 0 bridgehead atoms. The molecule has 0 aromatic rings. The van der Waals surface area contributed by atoms with Gasteiger partial charge in [-0.05, 0) is 39.3 Å². The van der Waals surface area contributed by atoms with Crippen molar-refractivity contribution in [2.45, 2.75) is 39.3 Å². The van der Waals surface area contributed by atoms with Gasteiger partial charge in [-0.15, -0.1) is 0 Å². The van der Waals surface area contributed by atoms with Gasteiger partial charge >= 0.3 is 7.15 Å². The zero-order valence-electron chi connectivity index (χ0n) is 8.67. The normalized spacial score (nSPS) is 13.2. The van der Waals surface area contributed by atoms with Crippen molar-refractivity contribution in [3.63, 3.8) is 0 Å². The number of rotatable bonds is 4. The second-order valence-electron chi connectivity index (χ2n) is 4.63. The van der Waals surface area contributed by atoms with Gasteiger partial charge in [0, 0.05) is 0 Å². The van der Waals surface area contributed by atoms with E-state index in [1.54, 1.807) is 0 Å². The van der Waals surface area contributed by atoms with E-state index in [-0.39, 0.29) is 0 Å². The van der Waals surface area contributed by atoms with Crippen LogP contribution in [0.2, 0.25) is 39.3 Å². The first kappa shape index (κ1) is 12.9. The lowest BCUT2D eigenvalue weighted by molar-refractivity contribution is 0.513. The van der Waals surface area contributed by atoms with Gasteiger partial charge in [-0.25, -0.2) is 0 Å². The monoisotopic (exact) mass is 241 g/mol. The molecule has 6 heteroatoms. The third-order valence-corrected chi connectivity index (χ3v) is 7.61. The molecular weight excluding hydrogens is 223 g/mol. The van der Waals surface area contributed by atoms with Crippen LogP contribution in [-0.4, -0.2) is 16.6 Å². The van der Waals surface area contributed by atoms with Crippen molar-refractivity contribution < 1.29 is 8.43 Å². The fraction of sp³-hybridized carbons (Fsp3) is 1.00. The minimum absolute atomic E-state index is 1.05. The molecule has 0 amide bonds. The second kappa shape index (κ2) is 4.39. The summed E-state index contributed by atoms with van der Waals surface area (Å²) in [5.41, 5.74) is 0. The summed E-state index contributed by atoms with van der Waals surface area (Å²) in [5.74, 6) is 0. The van der Waals surface area contributed by atoms with E-state index in [4.69, 9.17) is 20.2 Å². The van der Waals surface area contributed by atoms with E-state index < -0.39 is 23.8 Å². The molecule has 0 atom stereocenters. The van der Waals surface area contributed by atoms with Gasteiger partial charge in [-0.2, -0.15) is 8.43 Å². The quantitative estimate of drug-likeness (QED) is 0.555. The van der Waals surface area contributed by atoms with Crippen LogP contribution in [0.25, 0.3) is 0 Å². The molecule has 0 spiro atoms. The Labute approximate surface area is 83.5 Å². The summed E-state index contributed by atoms with van der Waals surface area (Å²) in [7, 11) is -4.05. The maximum atomic E-state index is 5.64. The van der Waals surface area contributed by atoms with Crippen molar-refractivity contribution in [1.29, 1.82) is 0 Å². The molecule has 0 saturated carbocycles. The molecule has 0 unspecified atom stereocenters. The lowest BCUT2D eigenvalue weighted by Gasteiger charge is -2.11. The van der Waals surface area contributed by atoms with E-state index in [1.807, 2.05) is 0 Å². The smallest absolute Gasteiger partial charge is 0.199 e. The van der Waals surface area contributed by atoms with E-state index in [9.17, 15) is 0 Å². The lowest BCUT2D eigenvalue weighted by Crippen LogP contribution is -2.26. The van der Waals surface area contributed by atoms with Crippen molar-refractivity contribution in [2.75, 3.05) is 0 Å². The molecule has 0 aromatic carbocycles. The van der Waals surface area contributed by atoms with Crippen LogP contribution in [0.3, 0.4) is 0 Å². The second-order valence-corrected chi connectivity index (χ2v) is 15.9. The predicted octanol–water partition coefficient (Wildman–Crippen LogP) is 3.46. The Bertz CT molecular complexity index is 155. The molecule has 2 nitrogen and oxygen atoms in total. The average Bonchev–Trinajstić information content (AvgIpc) is 1.49. The van der Waals surface area contributed by atoms with Crippen molar-refractivity contribution in [2.24, 2.45) is 0 Å². The van der Waals surface area contributed by atoms with Gasteiger partial charge < -0.3 is 0 Å². The molecule has 0 fully saturated rings. The van der Waals surface area contributed by atoms with Gasteiger partial charge in [-0.3, -0.25) is 0 Å². The van der Waals surface area contributed by atoms with E-state index in [1.165, 1.54) is 0 Å². The highest BCUT2D eigenvalue weighted by Gasteiger charge is 2.33. The third kappa shape index (κ3) is 8.97. The first-order valence-electron chi connectivity index (χ1n) is 3.96. The van der Waals surface area contributed by atoms with Crippen molar-refractivity contribution in [3.8, 4) is 0 Å². The Morgan fingerprint density at radius 1 is 0.833 bits per heavy atom. The molecule has 0 aliphatic heterocycles. The Morgan fingerprint density at radius 2 is 1.08 bits per heavy atom. The van der Waals surface area contributed by atoms with Gasteiger partial charge in [0.05, 0.1) is 0 Å². The first-order chi connectivity index (χ1) is 5.10. The maximum Gasteiger partial charge on any atom is 0.497 e. The van der Waals surface area contributed by atoms with Gasteiger partial charge in [0.1, 0.15) is 0 Å². The summed E-state index contributed by atoms with van der Waals surface area (Å²) in [6.07, 6.45) is 0. The standard InChI is InChI=1S/C6H18O2PSSi2/c1-11(2,3)7-9(10)8-12(4,5)6/h1-6H3/q+1. The maximum absolute atomic E-state index is 5.64. The zero-order chi connectivity index (χ0) is 9.99. The summed E-state index contributed by atoms with van der Waals surface area (Å²) in [6.45, 7) is 12.8. The Hall–Kier alpha value is 0.874. The van der Waals surface area contributed by atoms with Crippen LogP contribution in [0.5, 0.6) is 0 Å². The molecule has 12 heavy (non-hydrogen) atoms. The fourth-order valence-corrected chi connectivity index (χ4v) is 8.55. The largest absolute Gasteiger partial charge is 0.497 e. The fourth-order valence-electron chi connectivity index (χ4n) is 0.466. The average molecular weight is 241 g/mol. The Kier molecular flexibility index (Phi) is 4.71. The minimum Gasteiger partial charge on any atom is -0.199 e. The lowest BCUT2D eigenvalue weighted by atomic mass is 11.8. The van der Waals surface area contributed by atoms with Crippen LogP contribution in [0, 0.1) is 0 Å². The van der Waals surface area contributed by atoms with Gasteiger partial charge in [0.2, 0.25) is 11.8 Å². The van der Waals surface area contributed by atoms with Crippen molar-refractivity contribution in [3.05, 3.63) is 0 Å². The van der Waals surface area contributed by atoms with Crippen LogP contribution in [-0.2, 0) is 20.2 Å². The molecule has 0 heterocycles. The summed E-state index contributed by atoms with van der Waals surface area (Å²) in [6, 6.07) is 0. The Morgan fingerprint density at radius 3 is 1.25 bits per heavy atom. The molecule has 72 valence electrons. The highest BCUT2D eigenvalue weighted by Crippen LogP contribution is 2.33. The number of hydrogen-bond acceptors (Lipinski definition) is 3. The van der Waals surface area contributed by atoms with E-state index in [0.29, 0.717) is 0 Å². The summed E-state index contributed by atoms with van der Waals surface area (Å²) >= 11 is 5.12. The predicted molar refractivity (Wildman–Crippen MR) is 63.1 cm³/mol. The van der Waals surface area contributed by atoms with Crippen LogP contribution >= 0.6 is 7.15 Å². The Balaban J connectivity index is 3.92. The molecule has 0 rings (SSSR count). The van der Waals surface area contributed by atoms with Gasteiger partial charge in [0.15, 0.2) is 0 Å². The molecule has 0 radical (unpaired) electrons. The van der Waals surface area contributed by atoms with E-state index >= 15 is 0 Å². The van der Waals surface area contributed by atoms with Crippen molar-refractivity contribution >= 4 is 35.6 Å². The van der Waals surface area contributed by atoms with Crippen LogP contribution in [0.1, 0.15) is 0 Å². The topological polar surface area (TPSA) is 18.5 Å². The molecule has 0 aliphatic carbocycles. The molecule has 0 N–H and O–H groups in total. The molecule has 0 saturated heterocycles. The molecule has 0 aromatic heterocycles.